The maximum atomic E-state index is 13.8. The lowest BCUT2D eigenvalue weighted by Crippen LogP contribution is -2.60. The van der Waals surface area contributed by atoms with E-state index in [4.69, 9.17) is 27.0 Å². The number of hydrogen-bond acceptors (Lipinski definition) is 11. The first-order valence-electron chi connectivity index (χ1n) is 17.5. The number of nitrogens with zero attached hydrogens (tertiary/aromatic N) is 2. The lowest BCUT2D eigenvalue weighted by atomic mass is 9.85. The molecule has 0 saturated carbocycles. The van der Waals surface area contributed by atoms with E-state index in [2.05, 4.69) is 26.4 Å². The van der Waals surface area contributed by atoms with Crippen molar-refractivity contribution in [2.45, 2.75) is 78.7 Å². The molecule has 308 valence electrons. The molecule has 0 fully saturated rings. The Morgan fingerprint density at radius 2 is 1.23 bits per heavy atom. The summed E-state index contributed by atoms with van der Waals surface area (Å²) >= 11 is 0. The van der Waals surface area contributed by atoms with Crippen molar-refractivity contribution in [2.75, 3.05) is 20.8 Å². The van der Waals surface area contributed by atoms with Crippen molar-refractivity contribution in [3.05, 3.63) is 90.1 Å². The highest BCUT2D eigenvalue weighted by Gasteiger charge is 2.37. The number of alkyl carbamates (subject to hydrolysis) is 2. The second-order valence-corrected chi connectivity index (χ2v) is 15.9. The molecule has 18 heteroatoms. The molecule has 0 aliphatic heterocycles. The number of carbonyl (C=O) groups excluding carboxylic acids is 4. The standard InChI is InChI=1S/C38H52N6O7.H2O4S/c1-37(2,3)31(41-35(48)50-7)33(46)40-29(22-25-14-10-9-11-15-25)30(45)24-44(43-34(47)32(38(4,5)6)42-36(49)51-8)23-26-17-19-27(20-18-26)28-16-12-13-21-39-28;1-5(2,3)4/h9-21,29-32,45H,22-24H2,1-8H3,(H,40,46)(H,41,48)(H,42,49)(H,43,47);(H2,1,2,3,4)/t29-,30-,31-,32-;/m0./s1. The second-order valence-electron chi connectivity index (χ2n) is 15.0. The summed E-state index contributed by atoms with van der Waals surface area (Å²) in [6, 6.07) is 19.8. The molecule has 3 aromatic rings. The third-order valence-corrected chi connectivity index (χ3v) is 8.21. The number of amides is 4. The molecular formula is C38H54N6O11S. The average molecular weight is 803 g/mol. The number of methoxy groups -OCH3 is 2. The number of benzene rings is 2. The Labute approximate surface area is 328 Å². The van der Waals surface area contributed by atoms with Gasteiger partial charge in [-0.1, -0.05) is 102 Å². The fraction of sp³-hybridized carbons (Fsp3) is 0.447. The van der Waals surface area contributed by atoms with Gasteiger partial charge in [-0.05, 0) is 40.5 Å². The monoisotopic (exact) mass is 802 g/mol. The van der Waals surface area contributed by atoms with Crippen LogP contribution in [0.3, 0.4) is 0 Å². The number of rotatable bonds is 14. The van der Waals surface area contributed by atoms with Gasteiger partial charge in [0.25, 0.3) is 5.91 Å². The number of ether oxygens (including phenoxy) is 2. The van der Waals surface area contributed by atoms with E-state index >= 15 is 0 Å². The van der Waals surface area contributed by atoms with Gasteiger partial charge in [0.1, 0.15) is 12.1 Å². The number of hydrazine groups is 1. The predicted octanol–water partition coefficient (Wildman–Crippen LogP) is 3.56. The van der Waals surface area contributed by atoms with Crippen molar-refractivity contribution in [2.24, 2.45) is 10.8 Å². The van der Waals surface area contributed by atoms with E-state index in [9.17, 15) is 24.3 Å². The highest BCUT2D eigenvalue weighted by molar-refractivity contribution is 7.79. The van der Waals surface area contributed by atoms with Crippen LogP contribution in [0.2, 0.25) is 0 Å². The van der Waals surface area contributed by atoms with E-state index < -0.39 is 69.5 Å². The molecule has 4 amide bonds. The van der Waals surface area contributed by atoms with Crippen molar-refractivity contribution in [1.82, 2.24) is 31.4 Å². The summed E-state index contributed by atoms with van der Waals surface area (Å²) in [6.45, 7) is 10.9. The van der Waals surface area contributed by atoms with Crippen molar-refractivity contribution in [3.63, 3.8) is 0 Å². The number of aliphatic hydroxyl groups is 1. The fourth-order valence-electron chi connectivity index (χ4n) is 5.38. The lowest BCUT2D eigenvalue weighted by molar-refractivity contribution is -0.132. The molecule has 0 bridgehead atoms. The Bertz CT molecular complexity index is 1810. The van der Waals surface area contributed by atoms with E-state index in [1.165, 1.54) is 14.2 Å². The SMILES string of the molecule is COC(=O)N[C@@H](C(=O)N[C@@H](Cc1ccccc1)[C@@H](O)CN(Cc1ccc(-c2ccccn2)cc1)NC(=O)[C@H](NC(=O)OC)C(C)(C)C)C(C)(C)C.O=S(=O)(O)O. The minimum Gasteiger partial charge on any atom is -0.453 e. The molecule has 1 heterocycles. The molecule has 4 atom stereocenters. The predicted molar refractivity (Wildman–Crippen MR) is 208 cm³/mol. The minimum atomic E-state index is -4.67. The summed E-state index contributed by atoms with van der Waals surface area (Å²) in [5.41, 5.74) is 4.88. The molecule has 2 aromatic carbocycles. The number of nitrogens with one attached hydrogen (secondary N) is 4. The molecule has 0 aliphatic rings. The normalized spacial score (nSPS) is 13.8. The molecule has 0 radical (unpaired) electrons. The molecule has 17 nitrogen and oxygen atoms in total. The number of pyridine rings is 1. The van der Waals surface area contributed by atoms with Gasteiger partial charge < -0.3 is 30.5 Å². The summed E-state index contributed by atoms with van der Waals surface area (Å²) in [5.74, 6) is -1.03. The van der Waals surface area contributed by atoms with Crippen LogP contribution in [0.15, 0.2) is 79.0 Å². The molecule has 7 N–H and O–H groups in total. The summed E-state index contributed by atoms with van der Waals surface area (Å²) < 4.78 is 41.1. The third kappa shape index (κ3) is 17.1. The van der Waals surface area contributed by atoms with Gasteiger partial charge in [0, 0.05) is 24.8 Å². The second kappa shape index (κ2) is 21.2. The molecule has 0 spiro atoms. The van der Waals surface area contributed by atoms with Gasteiger partial charge in [0.2, 0.25) is 5.91 Å². The molecule has 56 heavy (non-hydrogen) atoms. The van der Waals surface area contributed by atoms with Gasteiger partial charge in [0.15, 0.2) is 0 Å². The Morgan fingerprint density at radius 3 is 1.70 bits per heavy atom. The lowest BCUT2D eigenvalue weighted by Gasteiger charge is -2.35. The summed E-state index contributed by atoms with van der Waals surface area (Å²) in [7, 11) is -2.23. The number of aliphatic hydroxyl groups excluding tert-OH is 1. The molecular weight excluding hydrogens is 749 g/mol. The van der Waals surface area contributed by atoms with Crippen LogP contribution in [0, 0.1) is 10.8 Å². The van der Waals surface area contributed by atoms with E-state index in [1.54, 1.807) is 32.0 Å². The number of carbonyl (C=O) groups is 4. The molecule has 0 aliphatic carbocycles. The fourth-order valence-corrected chi connectivity index (χ4v) is 5.38. The van der Waals surface area contributed by atoms with Crippen LogP contribution in [0.25, 0.3) is 11.3 Å². The summed E-state index contributed by atoms with van der Waals surface area (Å²) in [6.07, 6.45) is -0.778. The Morgan fingerprint density at radius 1 is 0.732 bits per heavy atom. The summed E-state index contributed by atoms with van der Waals surface area (Å²) in [5, 5.41) is 21.6. The molecule has 1 aromatic heterocycles. The van der Waals surface area contributed by atoms with Crippen molar-refractivity contribution in [1.29, 1.82) is 0 Å². The van der Waals surface area contributed by atoms with Crippen LogP contribution < -0.4 is 21.4 Å². The molecule has 0 saturated heterocycles. The van der Waals surface area contributed by atoms with Crippen LogP contribution in [0.1, 0.15) is 52.7 Å². The van der Waals surface area contributed by atoms with Gasteiger partial charge >= 0.3 is 22.6 Å². The minimum absolute atomic E-state index is 0.120. The van der Waals surface area contributed by atoms with Crippen LogP contribution >= 0.6 is 0 Å². The molecule has 0 unspecified atom stereocenters. The number of hydrogen-bond donors (Lipinski definition) is 7. The maximum Gasteiger partial charge on any atom is 0.407 e. The Hall–Kier alpha value is -5.14. The zero-order valence-corrected chi connectivity index (χ0v) is 33.7. The Balaban J connectivity index is 0.00000203. The number of aromatic nitrogens is 1. The van der Waals surface area contributed by atoms with Gasteiger partial charge in [-0.15, -0.1) is 0 Å². The van der Waals surface area contributed by atoms with Crippen molar-refractivity contribution >= 4 is 34.4 Å². The highest BCUT2D eigenvalue weighted by atomic mass is 32.3. The van der Waals surface area contributed by atoms with Crippen LogP contribution in [-0.2, 0) is 42.4 Å². The van der Waals surface area contributed by atoms with E-state index in [0.29, 0.717) is 0 Å². The van der Waals surface area contributed by atoms with Crippen LogP contribution in [-0.4, -0.2) is 102 Å². The van der Waals surface area contributed by atoms with Gasteiger partial charge in [-0.2, -0.15) is 8.42 Å². The van der Waals surface area contributed by atoms with Gasteiger partial charge in [0.05, 0.1) is 32.1 Å². The first kappa shape index (κ1) is 47.0. The van der Waals surface area contributed by atoms with E-state index in [1.807, 2.05) is 93.6 Å². The average Bonchev–Trinajstić information content (AvgIpc) is 3.11. The maximum absolute atomic E-state index is 13.8. The van der Waals surface area contributed by atoms with Crippen molar-refractivity contribution < 1.29 is 51.3 Å². The third-order valence-electron chi connectivity index (χ3n) is 8.21. The van der Waals surface area contributed by atoms with Gasteiger partial charge in [-0.3, -0.25) is 29.1 Å². The largest absolute Gasteiger partial charge is 0.453 e. The smallest absolute Gasteiger partial charge is 0.407 e. The first-order chi connectivity index (χ1) is 26.0. The van der Waals surface area contributed by atoms with Gasteiger partial charge in [-0.25, -0.2) is 14.6 Å². The zero-order chi connectivity index (χ0) is 42.3. The topological polar surface area (TPSA) is 246 Å². The summed E-state index contributed by atoms with van der Waals surface area (Å²) in [4.78, 5) is 56.3. The van der Waals surface area contributed by atoms with E-state index in [-0.39, 0.29) is 19.5 Å². The Kier molecular flexibility index (Phi) is 17.8. The first-order valence-corrected chi connectivity index (χ1v) is 18.9. The molecule has 3 rings (SSSR count). The highest BCUT2D eigenvalue weighted by Crippen LogP contribution is 2.23. The quantitative estimate of drug-likeness (QED) is 0.0912. The van der Waals surface area contributed by atoms with Crippen LogP contribution in [0.4, 0.5) is 9.59 Å². The van der Waals surface area contributed by atoms with Crippen molar-refractivity contribution in [3.8, 4) is 11.3 Å². The van der Waals surface area contributed by atoms with Crippen LogP contribution in [0.5, 0.6) is 0 Å². The van der Waals surface area contributed by atoms with E-state index in [0.717, 1.165) is 22.4 Å². The zero-order valence-electron chi connectivity index (χ0n) is 32.8.